The van der Waals surface area contributed by atoms with Crippen LogP contribution in [-0.2, 0) is 9.59 Å². The Morgan fingerprint density at radius 3 is 2.44 bits per heavy atom. The highest BCUT2D eigenvalue weighted by atomic mass is 32.2. The van der Waals surface area contributed by atoms with Gasteiger partial charge in [-0.1, -0.05) is 35.6 Å². The smallest absolute Gasteiger partial charge is 0.272 e. The van der Waals surface area contributed by atoms with Gasteiger partial charge in [0, 0.05) is 21.7 Å². The van der Waals surface area contributed by atoms with Crippen molar-refractivity contribution >= 4 is 67.9 Å². The van der Waals surface area contributed by atoms with Crippen LogP contribution in [-0.4, -0.2) is 48.8 Å². The van der Waals surface area contributed by atoms with E-state index < -0.39 is 17.1 Å². The minimum absolute atomic E-state index is 0.00887. The van der Waals surface area contributed by atoms with Crippen LogP contribution in [0, 0.1) is 0 Å². The van der Waals surface area contributed by atoms with Gasteiger partial charge in [-0.3, -0.25) is 14.4 Å². The summed E-state index contributed by atoms with van der Waals surface area (Å²) < 4.78 is 17.3. The average molecular weight is 683 g/mol. The van der Waals surface area contributed by atoms with Crippen LogP contribution in [0.1, 0.15) is 29.8 Å². The zero-order chi connectivity index (χ0) is 34.0. The number of aromatic nitrogens is 1. The highest BCUT2D eigenvalue weighted by Gasteiger charge is 2.19. The zero-order valence-corrected chi connectivity index (χ0v) is 28.4. The summed E-state index contributed by atoms with van der Waals surface area (Å²) in [5, 5.41) is 8.55. The number of hydrogen-bond acceptors (Lipinski definition) is 9. The summed E-state index contributed by atoms with van der Waals surface area (Å²) >= 11 is 2.71. The SMILES string of the molecule is CCOc1ccc2nc(NC(=O)C(C)Sc3cccc(NC(=O)/C(=C\c4cc(OC)ccc4OC)NC(=O)c4ccccc4)c3)sc2c1. The number of carbonyl (C=O) groups excluding carboxylic acids is 3. The molecule has 5 rings (SSSR count). The molecule has 4 aromatic carbocycles. The molecule has 1 unspecified atom stereocenters. The average Bonchev–Trinajstić information content (AvgIpc) is 3.50. The largest absolute Gasteiger partial charge is 0.497 e. The fraction of sp³-hybridized carbons (Fsp3) is 0.167. The van der Waals surface area contributed by atoms with E-state index in [2.05, 4.69) is 20.9 Å². The standard InChI is InChI=1S/C36H34N4O6S2/c1-5-46-27-14-16-29-32(21-27)48-36(39-29)40-33(41)22(2)47-28-13-9-12-25(20-28)37-35(43)30(38-34(42)23-10-7-6-8-11-23)19-24-18-26(44-3)15-17-31(24)45-4/h6-22H,5H2,1-4H3,(H,37,43)(H,38,42)(H,39,40,41)/b30-19+. The third-order valence-electron chi connectivity index (χ3n) is 6.94. The number of carbonyl (C=O) groups is 3. The lowest BCUT2D eigenvalue weighted by molar-refractivity contribution is -0.115. The topological polar surface area (TPSA) is 128 Å². The first-order valence-electron chi connectivity index (χ1n) is 15.0. The Labute approximate surface area is 286 Å². The number of nitrogens with zero attached hydrogens (tertiary/aromatic N) is 1. The number of fused-ring (bicyclic) bond motifs is 1. The fourth-order valence-electron chi connectivity index (χ4n) is 4.58. The first-order valence-corrected chi connectivity index (χ1v) is 16.7. The third-order valence-corrected chi connectivity index (χ3v) is 8.97. The van der Waals surface area contributed by atoms with Crippen LogP contribution in [0.15, 0.2) is 102 Å². The molecule has 0 fully saturated rings. The summed E-state index contributed by atoms with van der Waals surface area (Å²) in [6.07, 6.45) is 1.53. The summed E-state index contributed by atoms with van der Waals surface area (Å²) in [4.78, 5) is 45.1. The van der Waals surface area contributed by atoms with Gasteiger partial charge < -0.3 is 30.2 Å². The summed E-state index contributed by atoms with van der Waals surface area (Å²) in [6, 6.07) is 26.5. The first kappa shape index (κ1) is 34.0. The van der Waals surface area contributed by atoms with Crippen molar-refractivity contribution in [2.45, 2.75) is 24.0 Å². The van der Waals surface area contributed by atoms with E-state index in [4.69, 9.17) is 14.2 Å². The molecular formula is C36H34N4O6S2. The van der Waals surface area contributed by atoms with Gasteiger partial charge in [-0.25, -0.2) is 4.98 Å². The molecule has 0 saturated heterocycles. The molecule has 10 nitrogen and oxygen atoms in total. The van der Waals surface area contributed by atoms with Crippen LogP contribution in [0.3, 0.4) is 0 Å². The molecule has 1 heterocycles. The Balaban J connectivity index is 1.30. The number of nitrogens with one attached hydrogen (secondary N) is 3. The minimum atomic E-state index is -0.555. The van der Waals surface area contributed by atoms with Crippen molar-refractivity contribution in [2.24, 2.45) is 0 Å². The second-order valence-corrected chi connectivity index (χ2v) is 12.7. The Morgan fingerprint density at radius 2 is 1.69 bits per heavy atom. The number of thioether (sulfide) groups is 1. The lowest BCUT2D eigenvalue weighted by Crippen LogP contribution is -2.30. The van der Waals surface area contributed by atoms with Crippen LogP contribution in [0.25, 0.3) is 16.3 Å². The summed E-state index contributed by atoms with van der Waals surface area (Å²) in [5.74, 6) is 0.578. The fourth-order valence-corrected chi connectivity index (χ4v) is 6.40. The molecule has 246 valence electrons. The Kier molecular flexibility index (Phi) is 11.3. The second kappa shape index (κ2) is 16.0. The minimum Gasteiger partial charge on any atom is -0.497 e. The van der Waals surface area contributed by atoms with Crippen molar-refractivity contribution in [3.63, 3.8) is 0 Å². The van der Waals surface area contributed by atoms with E-state index >= 15 is 0 Å². The summed E-state index contributed by atoms with van der Waals surface area (Å²) in [5.41, 5.74) is 2.17. The molecule has 48 heavy (non-hydrogen) atoms. The first-order chi connectivity index (χ1) is 23.3. The molecule has 0 aliphatic rings. The molecule has 1 atom stereocenters. The van der Waals surface area contributed by atoms with E-state index in [0.29, 0.717) is 40.1 Å². The Bertz CT molecular complexity index is 1960. The molecule has 3 amide bonds. The number of benzene rings is 4. The lowest BCUT2D eigenvalue weighted by Gasteiger charge is -2.14. The second-order valence-electron chi connectivity index (χ2n) is 10.3. The predicted octanol–water partition coefficient (Wildman–Crippen LogP) is 7.24. The molecule has 0 spiro atoms. The molecule has 1 aromatic heterocycles. The zero-order valence-electron chi connectivity index (χ0n) is 26.7. The summed E-state index contributed by atoms with van der Waals surface area (Å²) in [6.45, 7) is 4.29. The molecule has 5 aromatic rings. The number of anilines is 2. The molecular weight excluding hydrogens is 649 g/mol. The third kappa shape index (κ3) is 8.72. The van der Waals surface area contributed by atoms with E-state index in [-0.39, 0.29) is 11.6 Å². The van der Waals surface area contributed by atoms with Crippen molar-refractivity contribution in [3.8, 4) is 17.2 Å². The summed E-state index contributed by atoms with van der Waals surface area (Å²) in [7, 11) is 3.05. The molecule has 0 aliphatic carbocycles. The van der Waals surface area contributed by atoms with Crippen LogP contribution in [0.4, 0.5) is 10.8 Å². The normalized spacial score (nSPS) is 11.8. The number of methoxy groups -OCH3 is 2. The van der Waals surface area contributed by atoms with E-state index in [1.165, 1.54) is 43.4 Å². The van der Waals surface area contributed by atoms with Crippen LogP contribution < -0.4 is 30.2 Å². The predicted molar refractivity (Wildman–Crippen MR) is 191 cm³/mol. The molecule has 0 radical (unpaired) electrons. The highest BCUT2D eigenvalue weighted by molar-refractivity contribution is 8.00. The van der Waals surface area contributed by atoms with E-state index in [9.17, 15) is 14.4 Å². The van der Waals surface area contributed by atoms with Crippen molar-refractivity contribution < 1.29 is 28.6 Å². The number of rotatable bonds is 13. The van der Waals surface area contributed by atoms with Gasteiger partial charge in [0.15, 0.2) is 5.13 Å². The maximum Gasteiger partial charge on any atom is 0.272 e. The lowest BCUT2D eigenvalue weighted by atomic mass is 10.1. The van der Waals surface area contributed by atoms with Gasteiger partial charge in [0.25, 0.3) is 11.8 Å². The van der Waals surface area contributed by atoms with Crippen molar-refractivity contribution in [2.75, 3.05) is 31.5 Å². The number of ether oxygens (including phenoxy) is 3. The molecule has 12 heteroatoms. The maximum absolute atomic E-state index is 13.7. The highest BCUT2D eigenvalue weighted by Crippen LogP contribution is 2.31. The van der Waals surface area contributed by atoms with Gasteiger partial charge in [0.2, 0.25) is 5.91 Å². The van der Waals surface area contributed by atoms with Gasteiger partial charge in [-0.2, -0.15) is 0 Å². The molecule has 3 N–H and O–H groups in total. The van der Waals surface area contributed by atoms with Gasteiger partial charge in [0.1, 0.15) is 22.9 Å². The van der Waals surface area contributed by atoms with Crippen molar-refractivity contribution in [1.29, 1.82) is 0 Å². The van der Waals surface area contributed by atoms with Crippen LogP contribution in [0.2, 0.25) is 0 Å². The van der Waals surface area contributed by atoms with Gasteiger partial charge >= 0.3 is 0 Å². The van der Waals surface area contributed by atoms with Crippen molar-refractivity contribution in [1.82, 2.24) is 10.3 Å². The monoisotopic (exact) mass is 682 g/mol. The van der Waals surface area contributed by atoms with Gasteiger partial charge in [0.05, 0.1) is 36.3 Å². The van der Waals surface area contributed by atoms with Gasteiger partial charge in [-0.05, 0) is 86.7 Å². The van der Waals surface area contributed by atoms with Crippen LogP contribution >= 0.6 is 23.1 Å². The number of amides is 3. The van der Waals surface area contributed by atoms with E-state index in [1.54, 1.807) is 73.7 Å². The van der Waals surface area contributed by atoms with Crippen LogP contribution in [0.5, 0.6) is 17.2 Å². The molecule has 0 aliphatic heterocycles. The molecule has 0 bridgehead atoms. The number of thiazole rings is 1. The maximum atomic E-state index is 13.7. The van der Waals surface area contributed by atoms with E-state index in [0.717, 1.165) is 20.9 Å². The molecule has 0 saturated carbocycles. The number of hydrogen-bond donors (Lipinski definition) is 3. The Morgan fingerprint density at radius 1 is 0.896 bits per heavy atom. The van der Waals surface area contributed by atoms with Gasteiger partial charge in [-0.15, -0.1) is 11.8 Å². The van der Waals surface area contributed by atoms with E-state index in [1.807, 2.05) is 31.2 Å². The van der Waals surface area contributed by atoms with Crippen molar-refractivity contribution in [3.05, 3.63) is 108 Å². The quantitative estimate of drug-likeness (QED) is 0.0876. The Hall–Kier alpha value is -5.33.